The fourth-order valence-corrected chi connectivity index (χ4v) is 1.39. The van der Waals surface area contributed by atoms with Crippen molar-refractivity contribution in [3.8, 4) is 0 Å². The number of likely N-dealkylation sites (N-methyl/N-ethyl adjacent to an activating group) is 1. The van der Waals surface area contributed by atoms with Crippen LogP contribution >= 0.6 is 0 Å². The number of hydrogen-bond donors (Lipinski definition) is 4. The van der Waals surface area contributed by atoms with E-state index in [9.17, 15) is 10.2 Å². The largest absolute Gasteiger partial charge is 0.389 e. The molecule has 0 aromatic heterocycles. The molecule has 0 aliphatic carbocycles. The zero-order valence-corrected chi connectivity index (χ0v) is 8.85. The van der Waals surface area contributed by atoms with Crippen molar-refractivity contribution in [2.45, 2.75) is 18.8 Å². The Hall–Kier alpha value is -0.940. The van der Waals surface area contributed by atoms with E-state index in [-0.39, 0.29) is 0 Å². The SMILES string of the molecule is CNCC(O)C(O)c1ccc(CN)cc1. The molecule has 0 fully saturated rings. The van der Waals surface area contributed by atoms with Crippen LogP contribution in [-0.2, 0) is 6.54 Å². The molecular weight excluding hydrogens is 192 g/mol. The van der Waals surface area contributed by atoms with Gasteiger partial charge in [0.2, 0.25) is 0 Å². The normalized spacial score (nSPS) is 14.9. The van der Waals surface area contributed by atoms with Crippen molar-refractivity contribution in [2.75, 3.05) is 13.6 Å². The smallest absolute Gasteiger partial charge is 0.106 e. The first-order valence-corrected chi connectivity index (χ1v) is 4.98. The predicted molar refractivity (Wildman–Crippen MR) is 59.2 cm³/mol. The minimum Gasteiger partial charge on any atom is -0.389 e. The van der Waals surface area contributed by atoms with Gasteiger partial charge in [0.25, 0.3) is 0 Å². The van der Waals surface area contributed by atoms with E-state index in [1.54, 1.807) is 19.2 Å². The van der Waals surface area contributed by atoms with Crippen molar-refractivity contribution in [2.24, 2.45) is 5.73 Å². The topological polar surface area (TPSA) is 78.5 Å². The van der Waals surface area contributed by atoms with Crippen molar-refractivity contribution in [3.05, 3.63) is 35.4 Å². The average molecular weight is 210 g/mol. The van der Waals surface area contributed by atoms with Crippen LogP contribution in [0.25, 0.3) is 0 Å². The maximum absolute atomic E-state index is 9.76. The summed E-state index contributed by atoms with van der Waals surface area (Å²) in [6.45, 7) is 0.843. The molecule has 0 heterocycles. The van der Waals surface area contributed by atoms with E-state index in [4.69, 9.17) is 5.73 Å². The predicted octanol–water partition coefficient (Wildman–Crippen LogP) is -0.241. The summed E-state index contributed by atoms with van der Waals surface area (Å²) in [5, 5.41) is 22.1. The quantitative estimate of drug-likeness (QED) is 0.541. The molecule has 5 N–H and O–H groups in total. The third kappa shape index (κ3) is 3.28. The highest BCUT2D eigenvalue weighted by Gasteiger charge is 2.16. The average Bonchev–Trinajstić information content (AvgIpc) is 2.28. The van der Waals surface area contributed by atoms with Gasteiger partial charge in [-0.1, -0.05) is 24.3 Å². The maximum Gasteiger partial charge on any atom is 0.106 e. The molecule has 0 saturated carbocycles. The van der Waals surface area contributed by atoms with Crippen molar-refractivity contribution in [1.29, 1.82) is 0 Å². The lowest BCUT2D eigenvalue weighted by molar-refractivity contribution is 0.0202. The molecule has 1 aromatic carbocycles. The molecule has 4 heteroatoms. The van der Waals surface area contributed by atoms with Crippen LogP contribution in [0.5, 0.6) is 0 Å². The number of nitrogens with one attached hydrogen (secondary N) is 1. The summed E-state index contributed by atoms with van der Waals surface area (Å²) in [4.78, 5) is 0. The van der Waals surface area contributed by atoms with E-state index in [1.807, 2.05) is 12.1 Å². The molecule has 0 amide bonds. The Morgan fingerprint density at radius 1 is 1.27 bits per heavy atom. The summed E-state index contributed by atoms with van der Waals surface area (Å²) in [6, 6.07) is 7.27. The monoisotopic (exact) mass is 210 g/mol. The molecular formula is C11H18N2O2. The van der Waals surface area contributed by atoms with Crippen molar-refractivity contribution >= 4 is 0 Å². The zero-order valence-electron chi connectivity index (χ0n) is 8.85. The highest BCUT2D eigenvalue weighted by Crippen LogP contribution is 2.17. The first-order chi connectivity index (χ1) is 7.19. The van der Waals surface area contributed by atoms with E-state index in [1.165, 1.54) is 0 Å². The second kappa shape index (κ2) is 5.82. The van der Waals surface area contributed by atoms with Gasteiger partial charge in [-0.15, -0.1) is 0 Å². The second-order valence-corrected chi connectivity index (χ2v) is 3.52. The van der Waals surface area contributed by atoms with Gasteiger partial charge in [-0.05, 0) is 18.2 Å². The molecule has 2 unspecified atom stereocenters. The van der Waals surface area contributed by atoms with Gasteiger partial charge in [-0.25, -0.2) is 0 Å². The van der Waals surface area contributed by atoms with Crippen LogP contribution in [0.1, 0.15) is 17.2 Å². The van der Waals surface area contributed by atoms with Gasteiger partial charge >= 0.3 is 0 Å². The Morgan fingerprint density at radius 3 is 2.33 bits per heavy atom. The minimum atomic E-state index is -0.857. The van der Waals surface area contributed by atoms with Crippen molar-refractivity contribution < 1.29 is 10.2 Å². The van der Waals surface area contributed by atoms with Gasteiger partial charge in [0.15, 0.2) is 0 Å². The van der Waals surface area contributed by atoms with Crippen LogP contribution in [-0.4, -0.2) is 29.9 Å². The summed E-state index contributed by atoms with van der Waals surface area (Å²) in [6.07, 6.45) is -1.65. The molecule has 15 heavy (non-hydrogen) atoms. The minimum absolute atomic E-state index is 0.361. The van der Waals surface area contributed by atoms with Crippen LogP contribution in [0.3, 0.4) is 0 Å². The first-order valence-electron chi connectivity index (χ1n) is 4.98. The number of aliphatic hydroxyl groups excluding tert-OH is 2. The Balaban J connectivity index is 2.69. The summed E-state index contributed by atoms with van der Waals surface area (Å²) in [7, 11) is 1.73. The van der Waals surface area contributed by atoms with Gasteiger partial charge in [-0.2, -0.15) is 0 Å². The molecule has 2 atom stereocenters. The number of hydrogen-bond acceptors (Lipinski definition) is 4. The summed E-state index contributed by atoms with van der Waals surface area (Å²) < 4.78 is 0. The molecule has 0 saturated heterocycles. The molecule has 0 bridgehead atoms. The van der Waals surface area contributed by atoms with Gasteiger partial charge in [0.1, 0.15) is 6.10 Å². The molecule has 0 aliphatic heterocycles. The fraction of sp³-hybridized carbons (Fsp3) is 0.455. The lowest BCUT2D eigenvalue weighted by atomic mass is 10.0. The van der Waals surface area contributed by atoms with E-state index in [0.29, 0.717) is 18.7 Å². The summed E-state index contributed by atoms with van der Waals surface area (Å²) in [5.41, 5.74) is 7.17. The number of rotatable bonds is 5. The third-order valence-corrected chi connectivity index (χ3v) is 2.33. The Morgan fingerprint density at radius 2 is 1.87 bits per heavy atom. The molecule has 4 nitrogen and oxygen atoms in total. The standard InChI is InChI=1S/C11H18N2O2/c1-13-7-10(14)11(15)9-4-2-8(6-12)3-5-9/h2-5,10-11,13-15H,6-7,12H2,1H3. The van der Waals surface area contributed by atoms with E-state index in [0.717, 1.165) is 5.56 Å². The Bertz CT molecular complexity index is 287. The molecule has 1 rings (SSSR count). The fourth-order valence-electron chi connectivity index (χ4n) is 1.39. The molecule has 1 aromatic rings. The zero-order chi connectivity index (χ0) is 11.3. The molecule has 0 spiro atoms. The van der Waals surface area contributed by atoms with Crippen molar-refractivity contribution in [1.82, 2.24) is 5.32 Å². The third-order valence-electron chi connectivity index (χ3n) is 2.33. The van der Waals surface area contributed by atoms with E-state index < -0.39 is 12.2 Å². The Labute approximate surface area is 89.7 Å². The van der Waals surface area contributed by atoms with Gasteiger partial charge in [0.05, 0.1) is 6.10 Å². The van der Waals surface area contributed by atoms with E-state index in [2.05, 4.69) is 5.32 Å². The lowest BCUT2D eigenvalue weighted by Gasteiger charge is -2.17. The summed E-state index contributed by atoms with van der Waals surface area (Å²) >= 11 is 0. The molecule has 84 valence electrons. The molecule has 0 aliphatic rings. The highest BCUT2D eigenvalue weighted by molar-refractivity contribution is 5.24. The number of nitrogens with two attached hydrogens (primary N) is 1. The van der Waals surface area contributed by atoms with Crippen LogP contribution in [0, 0.1) is 0 Å². The van der Waals surface area contributed by atoms with Crippen LogP contribution in [0.2, 0.25) is 0 Å². The summed E-state index contributed by atoms with van der Waals surface area (Å²) in [5.74, 6) is 0. The highest BCUT2D eigenvalue weighted by atomic mass is 16.3. The number of aliphatic hydroxyl groups is 2. The van der Waals surface area contributed by atoms with Gasteiger partial charge in [0, 0.05) is 13.1 Å². The van der Waals surface area contributed by atoms with E-state index >= 15 is 0 Å². The molecule has 0 radical (unpaired) electrons. The second-order valence-electron chi connectivity index (χ2n) is 3.52. The lowest BCUT2D eigenvalue weighted by Crippen LogP contribution is -2.29. The maximum atomic E-state index is 9.76. The number of benzene rings is 1. The Kier molecular flexibility index (Phi) is 4.71. The van der Waals surface area contributed by atoms with Crippen molar-refractivity contribution in [3.63, 3.8) is 0 Å². The van der Waals surface area contributed by atoms with Crippen LogP contribution in [0.4, 0.5) is 0 Å². The van der Waals surface area contributed by atoms with Gasteiger partial charge in [-0.3, -0.25) is 0 Å². The van der Waals surface area contributed by atoms with Crippen LogP contribution < -0.4 is 11.1 Å². The first kappa shape index (κ1) is 12.1. The van der Waals surface area contributed by atoms with Crippen LogP contribution in [0.15, 0.2) is 24.3 Å². The van der Waals surface area contributed by atoms with Gasteiger partial charge < -0.3 is 21.3 Å².